The molecule has 0 bridgehead atoms. The van der Waals surface area contributed by atoms with Crippen LogP contribution in [0.4, 0.5) is 17.8 Å². The van der Waals surface area contributed by atoms with Gasteiger partial charge in [-0.1, -0.05) is 78.4 Å². The number of aryl methyl sites for hydroxylation is 1. The van der Waals surface area contributed by atoms with E-state index in [1.165, 1.54) is 11.1 Å². The molecular formula is C34H40ClN7O. The molecule has 0 atom stereocenters. The number of phenols is 1. The van der Waals surface area contributed by atoms with Crippen LogP contribution < -0.4 is 15.1 Å². The molecule has 0 aliphatic carbocycles. The summed E-state index contributed by atoms with van der Waals surface area (Å²) in [5.41, 5.74) is 3.63. The molecule has 3 aromatic carbocycles. The first kappa shape index (κ1) is 30.3. The van der Waals surface area contributed by atoms with Crippen molar-refractivity contribution in [1.29, 1.82) is 0 Å². The summed E-state index contributed by atoms with van der Waals surface area (Å²) < 4.78 is 0. The average molecular weight is 598 g/mol. The van der Waals surface area contributed by atoms with Crippen LogP contribution in [-0.4, -0.2) is 77.8 Å². The van der Waals surface area contributed by atoms with Crippen LogP contribution in [-0.2, 0) is 12.8 Å². The van der Waals surface area contributed by atoms with E-state index >= 15 is 0 Å². The number of rotatable bonds is 13. The first-order valence-electron chi connectivity index (χ1n) is 14.9. The van der Waals surface area contributed by atoms with E-state index in [1.807, 2.05) is 37.4 Å². The lowest BCUT2D eigenvalue weighted by Crippen LogP contribution is -2.47. The Kier molecular flexibility index (Phi) is 10.8. The molecule has 5 rings (SSSR count). The Morgan fingerprint density at radius 1 is 0.860 bits per heavy atom. The zero-order valence-corrected chi connectivity index (χ0v) is 25.5. The van der Waals surface area contributed by atoms with E-state index in [1.54, 1.807) is 12.1 Å². The molecule has 1 saturated heterocycles. The summed E-state index contributed by atoms with van der Waals surface area (Å²) in [4.78, 5) is 21.3. The predicted molar refractivity (Wildman–Crippen MR) is 177 cm³/mol. The third-order valence-corrected chi connectivity index (χ3v) is 7.84. The smallest absolute Gasteiger partial charge is 0.232 e. The molecule has 1 aliphatic rings. The van der Waals surface area contributed by atoms with Gasteiger partial charge in [-0.15, -0.1) is 0 Å². The van der Waals surface area contributed by atoms with Gasteiger partial charge in [0.1, 0.15) is 5.75 Å². The van der Waals surface area contributed by atoms with Crippen molar-refractivity contribution in [3.8, 4) is 5.75 Å². The van der Waals surface area contributed by atoms with Crippen molar-refractivity contribution in [3.63, 3.8) is 0 Å². The van der Waals surface area contributed by atoms with Crippen molar-refractivity contribution in [2.45, 2.75) is 19.3 Å². The van der Waals surface area contributed by atoms with Crippen LogP contribution in [0.1, 0.15) is 23.1 Å². The molecule has 9 heteroatoms. The molecule has 0 saturated carbocycles. The van der Waals surface area contributed by atoms with Crippen LogP contribution in [0.15, 0.2) is 84.9 Å². The van der Waals surface area contributed by atoms with Crippen molar-refractivity contribution < 1.29 is 5.11 Å². The normalized spacial score (nSPS) is 13.9. The topological polar surface area (TPSA) is 80.6 Å². The number of nitrogens with zero attached hydrogens (tertiary/aromatic N) is 6. The number of hydrogen-bond acceptors (Lipinski definition) is 8. The number of hydrogen-bond donors (Lipinski definition) is 2. The molecule has 0 spiro atoms. The summed E-state index contributed by atoms with van der Waals surface area (Å²) in [7, 11) is 2.04. The summed E-state index contributed by atoms with van der Waals surface area (Å²) in [5, 5.41) is 13.7. The Morgan fingerprint density at radius 3 is 2.30 bits per heavy atom. The van der Waals surface area contributed by atoms with E-state index in [0.717, 1.165) is 69.1 Å². The summed E-state index contributed by atoms with van der Waals surface area (Å²) in [5.74, 6) is 2.23. The van der Waals surface area contributed by atoms with Crippen LogP contribution >= 0.6 is 11.6 Å². The molecule has 8 nitrogen and oxygen atoms in total. The molecule has 1 aliphatic heterocycles. The predicted octanol–water partition coefficient (Wildman–Crippen LogP) is 5.79. The van der Waals surface area contributed by atoms with Crippen molar-refractivity contribution in [2.24, 2.45) is 0 Å². The fraction of sp³-hybridized carbons (Fsp3) is 0.324. The van der Waals surface area contributed by atoms with Crippen molar-refractivity contribution in [1.82, 2.24) is 19.9 Å². The molecule has 0 amide bonds. The SMILES string of the molecule is CN(CCCc1ccc(Cl)cc1)c1nc(NCCc2ccc(O)cc2)nc(N2CCN(CC=Cc3ccccc3)CC2)n1. The minimum absolute atomic E-state index is 0.273. The van der Waals surface area contributed by atoms with Gasteiger partial charge < -0.3 is 20.2 Å². The highest BCUT2D eigenvalue weighted by atomic mass is 35.5. The molecular weight excluding hydrogens is 558 g/mol. The van der Waals surface area contributed by atoms with Gasteiger partial charge >= 0.3 is 0 Å². The van der Waals surface area contributed by atoms with Gasteiger partial charge in [0.15, 0.2) is 0 Å². The molecule has 43 heavy (non-hydrogen) atoms. The number of nitrogens with one attached hydrogen (secondary N) is 1. The number of phenolic OH excluding ortho intramolecular Hbond substituents is 1. The Hall–Kier alpha value is -4.14. The van der Waals surface area contributed by atoms with Crippen molar-refractivity contribution in [3.05, 3.63) is 107 Å². The summed E-state index contributed by atoms with van der Waals surface area (Å²) in [6.07, 6.45) is 7.14. The first-order chi connectivity index (χ1) is 21.0. The highest BCUT2D eigenvalue weighted by Gasteiger charge is 2.21. The highest BCUT2D eigenvalue weighted by Crippen LogP contribution is 2.19. The summed E-state index contributed by atoms with van der Waals surface area (Å²) >= 11 is 6.04. The van der Waals surface area contributed by atoms with Gasteiger partial charge in [-0.25, -0.2) is 0 Å². The highest BCUT2D eigenvalue weighted by molar-refractivity contribution is 6.30. The maximum Gasteiger partial charge on any atom is 0.232 e. The lowest BCUT2D eigenvalue weighted by Gasteiger charge is -2.34. The fourth-order valence-electron chi connectivity index (χ4n) is 5.03. The molecule has 1 fully saturated rings. The molecule has 2 heterocycles. The van der Waals surface area contributed by atoms with Crippen molar-refractivity contribution >= 4 is 35.5 Å². The second-order valence-corrected chi connectivity index (χ2v) is 11.3. The van der Waals surface area contributed by atoms with E-state index in [-0.39, 0.29) is 5.75 Å². The van der Waals surface area contributed by atoms with Crippen LogP contribution in [0.5, 0.6) is 5.75 Å². The minimum Gasteiger partial charge on any atom is -0.508 e. The fourth-order valence-corrected chi connectivity index (χ4v) is 5.16. The van der Waals surface area contributed by atoms with Crippen molar-refractivity contribution in [2.75, 3.05) is 68.0 Å². The Balaban J connectivity index is 1.21. The molecule has 2 N–H and O–H groups in total. The van der Waals surface area contributed by atoms with E-state index in [2.05, 4.69) is 68.6 Å². The van der Waals surface area contributed by atoms with Gasteiger partial charge in [0, 0.05) is 57.9 Å². The molecule has 0 unspecified atom stereocenters. The second-order valence-electron chi connectivity index (χ2n) is 10.9. The van der Waals surface area contributed by atoms with Gasteiger partial charge in [0.05, 0.1) is 0 Å². The summed E-state index contributed by atoms with van der Waals surface area (Å²) in [6, 6.07) is 25.7. The number of aromatic nitrogens is 3. The standard InChI is InChI=1S/C34H40ClN7O/c1-40(21-5-9-28-11-15-30(35)16-12-28)33-37-32(36-20-19-29-13-17-31(43)18-14-29)38-34(39-33)42-25-23-41(24-26-42)22-6-10-27-7-3-2-4-8-27/h2-4,6-8,10-18,43H,5,9,19-26H2,1H3,(H,36,37,38,39). The lowest BCUT2D eigenvalue weighted by atomic mass is 10.1. The quantitative estimate of drug-likeness (QED) is 0.200. The van der Waals surface area contributed by atoms with E-state index < -0.39 is 0 Å². The lowest BCUT2D eigenvalue weighted by molar-refractivity contribution is 0.283. The van der Waals surface area contributed by atoms with Crippen LogP contribution in [0.25, 0.3) is 6.08 Å². The van der Waals surface area contributed by atoms with Crippen LogP contribution in [0.3, 0.4) is 0 Å². The zero-order valence-electron chi connectivity index (χ0n) is 24.7. The number of halogens is 1. The zero-order chi connectivity index (χ0) is 29.9. The Labute approximate surface area is 259 Å². The average Bonchev–Trinajstić information content (AvgIpc) is 3.04. The first-order valence-corrected chi connectivity index (χ1v) is 15.3. The molecule has 4 aromatic rings. The maximum absolute atomic E-state index is 9.58. The van der Waals surface area contributed by atoms with Gasteiger partial charge in [-0.2, -0.15) is 15.0 Å². The maximum atomic E-state index is 9.58. The van der Waals surface area contributed by atoms with E-state index in [0.29, 0.717) is 24.4 Å². The van der Waals surface area contributed by atoms with Crippen LogP contribution in [0.2, 0.25) is 5.02 Å². The number of anilines is 3. The van der Waals surface area contributed by atoms with Crippen LogP contribution in [0, 0.1) is 0 Å². The Morgan fingerprint density at radius 2 is 1.56 bits per heavy atom. The number of benzene rings is 3. The van der Waals surface area contributed by atoms with E-state index in [4.69, 9.17) is 26.6 Å². The third kappa shape index (κ3) is 9.43. The molecule has 1 aromatic heterocycles. The minimum atomic E-state index is 0.273. The Bertz CT molecular complexity index is 1440. The number of piperazine rings is 1. The second kappa shape index (κ2) is 15.4. The molecule has 0 radical (unpaired) electrons. The van der Waals surface area contributed by atoms with Gasteiger partial charge in [-0.05, 0) is 60.2 Å². The number of aromatic hydroxyl groups is 1. The largest absolute Gasteiger partial charge is 0.508 e. The monoisotopic (exact) mass is 597 g/mol. The third-order valence-electron chi connectivity index (χ3n) is 7.59. The van der Waals surface area contributed by atoms with Gasteiger partial charge in [0.2, 0.25) is 17.8 Å². The van der Waals surface area contributed by atoms with Gasteiger partial charge in [0.25, 0.3) is 0 Å². The molecule has 224 valence electrons. The summed E-state index contributed by atoms with van der Waals surface area (Å²) in [6.45, 7) is 6.02. The van der Waals surface area contributed by atoms with Gasteiger partial charge in [-0.3, -0.25) is 4.90 Å². The van der Waals surface area contributed by atoms with E-state index in [9.17, 15) is 5.11 Å².